The number of carbonyl (C=O) groups excluding carboxylic acids is 1. The van der Waals surface area contributed by atoms with Crippen LogP contribution in [0.15, 0.2) is 11.0 Å². The summed E-state index contributed by atoms with van der Waals surface area (Å²) < 4.78 is 16.8. The van der Waals surface area contributed by atoms with Crippen molar-refractivity contribution in [3.63, 3.8) is 0 Å². The van der Waals surface area contributed by atoms with Gasteiger partial charge in [0.2, 0.25) is 5.91 Å². The topological polar surface area (TPSA) is 109 Å². The molecule has 2 heterocycles. The van der Waals surface area contributed by atoms with Crippen molar-refractivity contribution in [2.75, 3.05) is 11.9 Å². The second-order valence-corrected chi connectivity index (χ2v) is 11.9. The van der Waals surface area contributed by atoms with Gasteiger partial charge in [0.1, 0.15) is 20.3 Å². The first-order chi connectivity index (χ1) is 18.1. The van der Waals surface area contributed by atoms with Gasteiger partial charge in [0, 0.05) is 55.2 Å². The molecule has 1 aliphatic rings. The highest BCUT2D eigenvalue weighted by Gasteiger charge is 2.45. The van der Waals surface area contributed by atoms with E-state index >= 15 is 0 Å². The Morgan fingerprint density at radius 1 is 1.34 bits per heavy atom. The lowest BCUT2D eigenvalue weighted by atomic mass is 10.1. The van der Waals surface area contributed by atoms with Crippen molar-refractivity contribution in [1.82, 2.24) is 14.2 Å². The number of anilines is 1. The Balaban J connectivity index is 2.35. The summed E-state index contributed by atoms with van der Waals surface area (Å²) in [5, 5.41) is 12.2. The van der Waals surface area contributed by atoms with Crippen LogP contribution in [-0.2, 0) is 14.1 Å². The minimum atomic E-state index is -1.18. The molecule has 1 aromatic heterocycles. The third kappa shape index (κ3) is 8.13. The zero-order valence-corrected chi connectivity index (χ0v) is 24.2. The van der Waals surface area contributed by atoms with Crippen LogP contribution < -0.4 is 11.0 Å². The van der Waals surface area contributed by atoms with Gasteiger partial charge in [-0.15, -0.1) is 24.7 Å². The molecule has 2 rings (SSSR count). The highest BCUT2D eigenvalue weighted by molar-refractivity contribution is 7.51. The lowest BCUT2D eigenvalue weighted by Gasteiger charge is -2.41. The van der Waals surface area contributed by atoms with Gasteiger partial charge in [-0.05, 0) is 41.0 Å². The average molecular weight is 542 g/mol. The fourth-order valence-electron chi connectivity index (χ4n) is 4.60. The Bertz CT molecular complexity index is 1120. The van der Waals surface area contributed by atoms with Crippen LogP contribution in [0.5, 0.6) is 0 Å². The Hall–Kier alpha value is -2.73. The molecule has 0 bridgehead atoms. The van der Waals surface area contributed by atoms with E-state index in [4.69, 9.17) is 22.1 Å². The van der Waals surface area contributed by atoms with Crippen LogP contribution in [-0.4, -0.2) is 50.6 Å². The van der Waals surface area contributed by atoms with Gasteiger partial charge in [-0.2, -0.15) is 10.2 Å². The fraction of sp³-hybridized carbons (Fsp3) is 0.643. The number of carbonyl (C=O) groups is 1. The molecule has 10 heteroatoms. The quantitative estimate of drug-likeness (QED) is 0.288. The molecule has 0 radical (unpaired) electrons. The summed E-state index contributed by atoms with van der Waals surface area (Å²) in [6, 6.07) is 2.66. The van der Waals surface area contributed by atoms with E-state index in [0.717, 1.165) is 6.42 Å². The van der Waals surface area contributed by atoms with Gasteiger partial charge in [-0.25, -0.2) is 4.79 Å². The lowest BCUT2D eigenvalue weighted by molar-refractivity contribution is -0.116. The maximum atomic E-state index is 13.0. The molecule has 38 heavy (non-hydrogen) atoms. The van der Waals surface area contributed by atoms with Crippen molar-refractivity contribution in [2.24, 2.45) is 5.92 Å². The van der Waals surface area contributed by atoms with E-state index in [0.29, 0.717) is 24.8 Å². The fourth-order valence-corrected chi connectivity index (χ4v) is 7.44. The van der Waals surface area contributed by atoms with Gasteiger partial charge in [-0.1, -0.05) is 6.92 Å². The lowest BCUT2D eigenvalue weighted by Crippen LogP contribution is -2.38. The summed E-state index contributed by atoms with van der Waals surface area (Å²) in [4.78, 5) is 29.2. The maximum Gasteiger partial charge on any atom is 0.351 e. The van der Waals surface area contributed by atoms with E-state index in [2.05, 4.69) is 67.5 Å². The van der Waals surface area contributed by atoms with Gasteiger partial charge >= 0.3 is 5.69 Å². The van der Waals surface area contributed by atoms with E-state index in [-0.39, 0.29) is 54.5 Å². The van der Waals surface area contributed by atoms with Crippen LogP contribution in [0.2, 0.25) is 0 Å². The van der Waals surface area contributed by atoms with Gasteiger partial charge in [0.05, 0.1) is 24.7 Å². The Kier molecular flexibility index (Phi) is 12.4. The smallest absolute Gasteiger partial charge is 0.351 e. The number of hydrogen-bond acceptors (Lipinski definition) is 7. The van der Waals surface area contributed by atoms with Crippen molar-refractivity contribution in [3.05, 3.63) is 22.2 Å². The molecular weight excluding hydrogens is 501 g/mol. The number of rotatable bonds is 13. The van der Waals surface area contributed by atoms with Crippen molar-refractivity contribution < 1.29 is 14.1 Å². The molecule has 0 aliphatic carbocycles. The molecule has 1 fully saturated rings. The predicted octanol–water partition coefficient (Wildman–Crippen LogP) is 4.58. The van der Waals surface area contributed by atoms with Crippen LogP contribution >= 0.6 is 8.30 Å². The first-order valence-electron chi connectivity index (χ1n) is 13.1. The molecule has 0 aromatic carbocycles. The van der Waals surface area contributed by atoms with E-state index in [1.807, 2.05) is 0 Å². The normalized spacial score (nSPS) is 20.6. The summed E-state index contributed by atoms with van der Waals surface area (Å²) in [7, 11) is -1.18. The summed E-state index contributed by atoms with van der Waals surface area (Å²) in [5.74, 6) is 4.53. The van der Waals surface area contributed by atoms with E-state index in [1.54, 1.807) is 13.1 Å². The molecule has 0 saturated carbocycles. The number of nitrogens with one attached hydrogen (secondary N) is 1. The van der Waals surface area contributed by atoms with E-state index in [9.17, 15) is 14.9 Å². The van der Waals surface area contributed by atoms with E-state index in [1.165, 1.54) is 4.57 Å². The molecule has 1 saturated heterocycles. The van der Waals surface area contributed by atoms with Crippen molar-refractivity contribution >= 4 is 20.0 Å². The molecule has 5 atom stereocenters. The van der Waals surface area contributed by atoms with Crippen LogP contribution in [0.3, 0.4) is 0 Å². The monoisotopic (exact) mass is 541 g/mol. The molecule has 1 aliphatic heterocycles. The van der Waals surface area contributed by atoms with Gasteiger partial charge < -0.3 is 14.6 Å². The number of aromatic nitrogens is 2. The molecule has 1 aromatic rings. The van der Waals surface area contributed by atoms with Crippen LogP contribution in [0, 0.1) is 48.9 Å². The molecule has 1 amide bonds. The molecule has 9 nitrogen and oxygen atoms in total. The summed E-state index contributed by atoms with van der Waals surface area (Å²) >= 11 is 0. The SMILES string of the molecule is C#CCCC(=O)Nc1nc(=O)n([C@H]2CC(P(OCC(C#N)CC#C)N(C(C)C)C(C)C)[C@@H](CC)O2)cc1C. The summed E-state index contributed by atoms with van der Waals surface area (Å²) in [6.07, 6.45) is 13.8. The largest absolute Gasteiger partial charge is 0.354 e. The molecule has 1 N–H and O–H groups in total. The number of ether oxygens (including phenoxy) is 1. The standard InChI is InChI=1S/C28H40N5O4P/c1-9-12-14-25(34)30-27-21(8)17-32(28(35)31-27)26-15-24(23(11-3)37-26)38(33(19(4)5)20(6)7)36-18-22(16-29)13-10-2/h1-2,17,19-20,22-24,26H,11-15,18H2,3-8H3,(H,30,31,34,35)/t22?,23-,24?,26-,38?/m1/s1. The van der Waals surface area contributed by atoms with Gasteiger partial charge in [-0.3, -0.25) is 14.0 Å². The summed E-state index contributed by atoms with van der Waals surface area (Å²) in [6.45, 7) is 12.6. The molecule has 206 valence electrons. The highest BCUT2D eigenvalue weighted by Crippen LogP contribution is 2.56. The number of nitriles is 1. The zero-order chi connectivity index (χ0) is 28.4. The predicted molar refractivity (Wildman–Crippen MR) is 150 cm³/mol. The van der Waals surface area contributed by atoms with Crippen molar-refractivity contribution in [1.29, 1.82) is 5.26 Å². The van der Waals surface area contributed by atoms with Crippen LogP contribution in [0.4, 0.5) is 5.82 Å². The second-order valence-electron chi connectivity index (χ2n) is 9.96. The van der Waals surface area contributed by atoms with Crippen molar-refractivity contribution in [3.8, 4) is 30.8 Å². The second kappa shape index (κ2) is 15.0. The maximum absolute atomic E-state index is 13.0. The van der Waals surface area contributed by atoms with Crippen LogP contribution in [0.25, 0.3) is 0 Å². The molecule has 3 unspecified atom stereocenters. The first kappa shape index (κ1) is 31.5. The van der Waals surface area contributed by atoms with Gasteiger partial charge in [0.25, 0.3) is 0 Å². The molecule has 0 spiro atoms. The number of terminal acetylenes is 2. The zero-order valence-electron chi connectivity index (χ0n) is 23.3. The van der Waals surface area contributed by atoms with Crippen LogP contribution in [0.1, 0.15) is 78.5 Å². The molecular formula is C28H40N5O4P. The van der Waals surface area contributed by atoms with Gasteiger partial charge in [0.15, 0.2) is 0 Å². The number of nitrogens with zero attached hydrogens (tertiary/aromatic N) is 4. The first-order valence-corrected chi connectivity index (χ1v) is 14.4. The minimum absolute atomic E-state index is 0.00493. The van der Waals surface area contributed by atoms with Crippen molar-refractivity contribution in [2.45, 2.75) is 104 Å². The highest BCUT2D eigenvalue weighted by atomic mass is 31.2. The number of aryl methyl sites for hydroxylation is 1. The third-order valence-corrected chi connectivity index (χ3v) is 9.23. The average Bonchev–Trinajstić information content (AvgIpc) is 3.29. The third-order valence-electron chi connectivity index (χ3n) is 6.33. The number of amides is 1. The minimum Gasteiger partial charge on any atom is -0.354 e. The van der Waals surface area contributed by atoms with E-state index < -0.39 is 20.2 Å². The number of hydrogen-bond donors (Lipinski definition) is 1. The Labute approximate surface area is 228 Å². The Morgan fingerprint density at radius 2 is 2.03 bits per heavy atom. The summed E-state index contributed by atoms with van der Waals surface area (Å²) in [5.41, 5.74) is 0.150. The Morgan fingerprint density at radius 3 is 2.58 bits per heavy atom.